The van der Waals surface area contributed by atoms with Gasteiger partial charge in [-0.25, -0.2) is 9.18 Å². The van der Waals surface area contributed by atoms with Gasteiger partial charge < -0.3 is 29.9 Å². The summed E-state index contributed by atoms with van der Waals surface area (Å²) in [6.45, 7) is 3.13. The van der Waals surface area contributed by atoms with Crippen LogP contribution in [0.5, 0.6) is 11.5 Å². The first-order valence-electron chi connectivity index (χ1n) is 16.5. The maximum absolute atomic E-state index is 15.3. The van der Waals surface area contributed by atoms with Gasteiger partial charge in [0, 0.05) is 62.4 Å². The molecule has 1 fully saturated rings. The van der Waals surface area contributed by atoms with Crippen LogP contribution in [-0.4, -0.2) is 69.5 Å². The zero-order chi connectivity index (χ0) is 37.2. The number of aliphatic carboxylic acids is 2. The van der Waals surface area contributed by atoms with Crippen molar-refractivity contribution in [3.05, 3.63) is 93.5 Å². The van der Waals surface area contributed by atoms with Crippen LogP contribution in [0.2, 0.25) is 10.0 Å². The van der Waals surface area contributed by atoms with Gasteiger partial charge in [0.25, 0.3) is 5.91 Å². The number of para-hydroxylation sites is 1. The second-order valence-electron chi connectivity index (χ2n) is 13.0. The van der Waals surface area contributed by atoms with Crippen molar-refractivity contribution in [1.82, 2.24) is 15.1 Å². The highest BCUT2D eigenvalue weighted by Gasteiger charge is 2.48. The van der Waals surface area contributed by atoms with E-state index >= 15 is 4.39 Å². The van der Waals surface area contributed by atoms with Crippen molar-refractivity contribution in [3.8, 4) is 22.6 Å². The first-order chi connectivity index (χ1) is 24.8. The van der Waals surface area contributed by atoms with Gasteiger partial charge in [-0.2, -0.15) is 5.10 Å². The predicted molar refractivity (Wildman–Crippen MR) is 190 cm³/mol. The number of nitrogens with zero attached hydrogens (tertiary/aromatic N) is 3. The van der Waals surface area contributed by atoms with Gasteiger partial charge in [-0.3, -0.25) is 19.1 Å². The summed E-state index contributed by atoms with van der Waals surface area (Å²) in [5, 5.41) is 25.1. The van der Waals surface area contributed by atoms with Gasteiger partial charge >= 0.3 is 11.9 Å². The Kier molecular flexibility index (Phi) is 10.7. The number of carbonyl (C=O) groups is 4. The van der Waals surface area contributed by atoms with Crippen molar-refractivity contribution in [2.75, 3.05) is 24.7 Å². The molecule has 272 valence electrons. The third-order valence-electron chi connectivity index (χ3n) is 9.22. The van der Waals surface area contributed by atoms with Crippen molar-refractivity contribution < 1.29 is 43.3 Å². The number of hydrogen-bond donors (Lipinski definition) is 3. The fourth-order valence-electron chi connectivity index (χ4n) is 6.05. The molecule has 0 saturated heterocycles. The topological polar surface area (TPSA) is 160 Å². The molecule has 2 aliphatic rings. The monoisotopic (exact) mass is 752 g/mol. The molecule has 2 heterocycles. The molecule has 52 heavy (non-hydrogen) atoms. The van der Waals surface area contributed by atoms with Crippen LogP contribution < -0.4 is 19.7 Å². The van der Waals surface area contributed by atoms with E-state index in [9.17, 15) is 24.3 Å². The molecule has 15 heteroatoms. The Labute approximate surface area is 308 Å². The van der Waals surface area contributed by atoms with E-state index in [-0.39, 0.29) is 40.4 Å². The predicted octanol–water partition coefficient (Wildman–Crippen LogP) is 6.38. The Morgan fingerprint density at radius 2 is 1.87 bits per heavy atom. The molecule has 0 radical (unpaired) electrons. The Hall–Kier alpha value is -5.14. The quantitative estimate of drug-likeness (QED) is 0.132. The number of nitrogens with one attached hydrogen (secondary N) is 1. The number of anilines is 1. The fraction of sp³-hybridized carbons (Fsp3) is 0.324. The average Bonchev–Trinajstić information content (AvgIpc) is 3.76. The van der Waals surface area contributed by atoms with E-state index in [0.717, 1.165) is 24.5 Å². The van der Waals surface area contributed by atoms with Crippen LogP contribution in [0.15, 0.2) is 60.9 Å². The van der Waals surface area contributed by atoms with Gasteiger partial charge in [-0.05, 0) is 56.5 Å². The number of amides is 2. The lowest BCUT2D eigenvalue weighted by molar-refractivity contribution is -0.145. The molecule has 3 N–H and O–H groups in total. The summed E-state index contributed by atoms with van der Waals surface area (Å²) in [5.74, 6) is -3.62. The normalized spacial score (nSPS) is 14.9. The second kappa shape index (κ2) is 15.2. The van der Waals surface area contributed by atoms with Gasteiger partial charge in [0.05, 0.1) is 38.1 Å². The molecular weight excluding hydrogens is 718 g/mol. The first-order valence-corrected chi connectivity index (χ1v) is 17.3. The number of carboxylic acids is 2. The summed E-state index contributed by atoms with van der Waals surface area (Å²) in [4.78, 5) is 50.5. The Bertz CT molecular complexity index is 2030. The lowest BCUT2D eigenvalue weighted by Crippen LogP contribution is -2.42. The molecule has 4 aromatic rings. The minimum Gasteiger partial charge on any atom is -0.493 e. The van der Waals surface area contributed by atoms with Crippen LogP contribution in [0, 0.1) is 18.2 Å². The smallest absolute Gasteiger partial charge is 0.326 e. The third-order valence-corrected chi connectivity index (χ3v) is 9.97. The Morgan fingerprint density at radius 1 is 1.10 bits per heavy atom. The van der Waals surface area contributed by atoms with Crippen molar-refractivity contribution >= 4 is 52.6 Å². The number of aromatic nitrogens is 2. The van der Waals surface area contributed by atoms with Crippen LogP contribution in [0.25, 0.3) is 11.1 Å². The average molecular weight is 754 g/mol. The number of hydrogen-bond acceptors (Lipinski definition) is 7. The van der Waals surface area contributed by atoms with Gasteiger partial charge in [0.2, 0.25) is 5.91 Å². The van der Waals surface area contributed by atoms with E-state index in [1.807, 2.05) is 37.3 Å². The summed E-state index contributed by atoms with van der Waals surface area (Å²) < 4.78 is 29.1. The fourth-order valence-corrected chi connectivity index (χ4v) is 6.48. The minimum atomic E-state index is -1.71. The lowest BCUT2D eigenvalue weighted by Gasteiger charge is -2.25. The number of carbonyl (C=O) groups excluding carboxylic acids is 2. The summed E-state index contributed by atoms with van der Waals surface area (Å²) in [7, 11) is 0. The SMILES string of the molecule is Cc1c(Cl)cccc1OCCCC(=O)N1CC2(CC2)COc2c(-c3cnn(Cc4c(F)cc(C(=O)N[C@@H](CC(=O)O)C(=O)O)cc4Cl)c3)cccc21. The van der Waals surface area contributed by atoms with E-state index in [0.29, 0.717) is 59.5 Å². The molecule has 1 saturated carbocycles. The highest BCUT2D eigenvalue weighted by atomic mass is 35.5. The van der Waals surface area contributed by atoms with Gasteiger partial charge in [0.15, 0.2) is 5.75 Å². The molecule has 1 atom stereocenters. The highest BCUT2D eigenvalue weighted by Crippen LogP contribution is 2.52. The summed E-state index contributed by atoms with van der Waals surface area (Å²) in [5.41, 5.74) is 2.50. The van der Waals surface area contributed by atoms with E-state index in [1.165, 1.54) is 10.7 Å². The molecule has 1 aromatic heterocycles. The van der Waals surface area contributed by atoms with Gasteiger partial charge in [-0.15, -0.1) is 0 Å². The van der Waals surface area contributed by atoms with Crippen molar-refractivity contribution in [3.63, 3.8) is 0 Å². The summed E-state index contributed by atoms with van der Waals surface area (Å²) >= 11 is 12.6. The number of carboxylic acid groups (broad SMARTS) is 2. The zero-order valence-corrected chi connectivity index (χ0v) is 29.5. The molecule has 0 bridgehead atoms. The highest BCUT2D eigenvalue weighted by molar-refractivity contribution is 6.32. The molecule has 1 aliphatic carbocycles. The largest absolute Gasteiger partial charge is 0.493 e. The zero-order valence-electron chi connectivity index (χ0n) is 28.0. The molecule has 1 spiro atoms. The van der Waals surface area contributed by atoms with Crippen LogP contribution in [0.4, 0.5) is 10.1 Å². The Balaban J connectivity index is 1.17. The summed E-state index contributed by atoms with van der Waals surface area (Å²) in [6.07, 6.45) is 5.11. The third kappa shape index (κ3) is 8.16. The lowest BCUT2D eigenvalue weighted by atomic mass is 10.1. The molecule has 0 unspecified atom stereocenters. The van der Waals surface area contributed by atoms with Crippen LogP contribution >= 0.6 is 23.2 Å². The van der Waals surface area contributed by atoms with Gasteiger partial charge in [0.1, 0.15) is 17.6 Å². The maximum Gasteiger partial charge on any atom is 0.326 e. The van der Waals surface area contributed by atoms with Crippen LogP contribution in [0.3, 0.4) is 0 Å². The van der Waals surface area contributed by atoms with Crippen molar-refractivity contribution in [1.29, 1.82) is 0 Å². The van der Waals surface area contributed by atoms with Crippen LogP contribution in [-0.2, 0) is 20.9 Å². The van der Waals surface area contributed by atoms with Crippen molar-refractivity contribution in [2.45, 2.75) is 51.6 Å². The first kappa shape index (κ1) is 36.6. The standard InChI is InChI=1S/C37H35Cl2FN4O8/c1-21-26(38)6-3-8-31(21)51-12-4-9-32(45)44-19-37(10-11-37)20-52-34-24(5-2-7-30(34)44)23-16-41-43(17-23)18-25-27(39)13-22(14-28(25)40)35(48)42-29(36(49)50)15-33(46)47/h2-3,5-8,13-14,16-17,29H,4,9-12,15,18-20H2,1H3,(H,42,48)(H,46,47)(H,49,50)/t29-/m0/s1. The number of rotatable bonds is 13. The van der Waals surface area contributed by atoms with Crippen molar-refractivity contribution in [2.24, 2.45) is 5.41 Å². The minimum absolute atomic E-state index is 0.0262. The van der Waals surface area contributed by atoms with Crippen LogP contribution in [0.1, 0.15) is 53.6 Å². The van der Waals surface area contributed by atoms with E-state index < -0.39 is 36.1 Å². The second-order valence-corrected chi connectivity index (χ2v) is 13.9. The van der Waals surface area contributed by atoms with E-state index in [2.05, 4.69) is 10.4 Å². The van der Waals surface area contributed by atoms with E-state index in [1.54, 1.807) is 23.4 Å². The molecule has 12 nitrogen and oxygen atoms in total. The number of halogens is 3. The maximum atomic E-state index is 15.3. The molecule has 3 aromatic carbocycles. The van der Waals surface area contributed by atoms with Gasteiger partial charge in [-0.1, -0.05) is 41.4 Å². The summed E-state index contributed by atoms with van der Waals surface area (Å²) in [6, 6.07) is 11.4. The Morgan fingerprint density at radius 3 is 2.58 bits per heavy atom. The molecule has 2 amide bonds. The number of benzene rings is 3. The number of ether oxygens (including phenoxy) is 2. The molecule has 6 rings (SSSR count). The molecule has 1 aliphatic heterocycles. The van der Waals surface area contributed by atoms with E-state index in [4.69, 9.17) is 37.8 Å². The molecular formula is C37H35Cl2FN4O8. The number of fused-ring (bicyclic) bond motifs is 1.